The van der Waals surface area contributed by atoms with Crippen LogP contribution in [-0.2, 0) is 11.3 Å². The van der Waals surface area contributed by atoms with Gasteiger partial charge in [-0.25, -0.2) is 4.39 Å². The Labute approximate surface area is 207 Å². The van der Waals surface area contributed by atoms with Gasteiger partial charge in [-0.2, -0.15) is 0 Å². The van der Waals surface area contributed by atoms with Crippen molar-refractivity contribution in [3.63, 3.8) is 0 Å². The van der Waals surface area contributed by atoms with Gasteiger partial charge in [-0.1, -0.05) is 11.2 Å². The van der Waals surface area contributed by atoms with Gasteiger partial charge in [0.2, 0.25) is 0 Å². The zero-order valence-corrected chi connectivity index (χ0v) is 20.0. The average Bonchev–Trinajstić information content (AvgIpc) is 3.31. The molecule has 1 N–H and O–H groups in total. The van der Waals surface area contributed by atoms with Gasteiger partial charge in [-0.3, -0.25) is 14.5 Å². The van der Waals surface area contributed by atoms with Gasteiger partial charge >= 0.3 is 0 Å². The van der Waals surface area contributed by atoms with Crippen LogP contribution in [0.25, 0.3) is 21.9 Å². The highest BCUT2D eigenvalue weighted by Gasteiger charge is 2.14. The van der Waals surface area contributed by atoms with E-state index in [1.54, 1.807) is 24.6 Å². The van der Waals surface area contributed by atoms with E-state index in [4.69, 9.17) is 9.26 Å². The molecule has 9 heteroatoms. The molecule has 5 rings (SSSR count). The van der Waals surface area contributed by atoms with E-state index in [1.165, 1.54) is 16.7 Å². The number of morpholine rings is 1. The number of rotatable bonds is 7. The van der Waals surface area contributed by atoms with E-state index in [0.717, 1.165) is 35.3 Å². The third-order valence-electron chi connectivity index (χ3n) is 6.43. The molecular weight excluding hydrogens is 463 g/mol. The summed E-state index contributed by atoms with van der Waals surface area (Å²) >= 11 is 0. The average molecular weight is 491 g/mol. The highest BCUT2D eigenvalue weighted by atomic mass is 19.1. The number of halogens is 1. The van der Waals surface area contributed by atoms with Gasteiger partial charge in [-0.15, -0.1) is 0 Å². The molecule has 1 aliphatic rings. The number of carbonyl (C=O) groups is 1. The molecule has 0 radical (unpaired) electrons. The number of fused-ring (bicyclic) bond motifs is 1. The van der Waals surface area contributed by atoms with Crippen molar-refractivity contribution >= 4 is 16.7 Å². The number of benzene rings is 2. The number of hydrogen-bond acceptors (Lipinski definition) is 6. The van der Waals surface area contributed by atoms with Gasteiger partial charge in [0.1, 0.15) is 12.1 Å². The summed E-state index contributed by atoms with van der Waals surface area (Å²) in [7, 11) is 0. The lowest BCUT2D eigenvalue weighted by molar-refractivity contribution is 0.0383. The Bertz CT molecular complexity index is 1460. The van der Waals surface area contributed by atoms with Crippen LogP contribution in [0.3, 0.4) is 0 Å². The van der Waals surface area contributed by atoms with E-state index in [-0.39, 0.29) is 23.6 Å². The number of aromatic nitrogens is 2. The maximum atomic E-state index is 14.4. The largest absolute Gasteiger partial charge is 0.379 e. The van der Waals surface area contributed by atoms with Crippen molar-refractivity contribution in [2.24, 2.45) is 0 Å². The van der Waals surface area contributed by atoms with Crippen LogP contribution in [0.4, 0.5) is 4.39 Å². The first-order chi connectivity index (χ1) is 17.5. The molecule has 0 spiro atoms. The fourth-order valence-corrected chi connectivity index (χ4v) is 4.47. The summed E-state index contributed by atoms with van der Waals surface area (Å²) in [6.45, 7) is 6.24. The van der Waals surface area contributed by atoms with Crippen molar-refractivity contribution < 1.29 is 18.4 Å². The minimum atomic E-state index is -0.520. The van der Waals surface area contributed by atoms with Gasteiger partial charge in [0.25, 0.3) is 11.5 Å². The number of nitrogens with zero attached hydrogens (tertiary/aromatic N) is 3. The van der Waals surface area contributed by atoms with E-state index in [9.17, 15) is 14.0 Å². The number of nitrogens with one attached hydrogen (secondary N) is 1. The van der Waals surface area contributed by atoms with Crippen molar-refractivity contribution in [2.45, 2.75) is 13.5 Å². The zero-order chi connectivity index (χ0) is 25.1. The standard InChI is InChI=1S/C27H27FN4O4/c1-18-25(17-36-30-18)20-2-3-24-21(14-20)4-6-32(27(24)34)16-19-12-22(15-23(28)13-19)26(33)29-5-7-31-8-10-35-11-9-31/h2-4,6,12-15,17H,5,7-11,16H2,1H3,(H,29,33). The first-order valence-corrected chi connectivity index (χ1v) is 11.9. The summed E-state index contributed by atoms with van der Waals surface area (Å²) in [6.07, 6.45) is 3.26. The first-order valence-electron chi connectivity index (χ1n) is 11.9. The topological polar surface area (TPSA) is 89.6 Å². The molecule has 1 fully saturated rings. The Morgan fingerprint density at radius 2 is 1.97 bits per heavy atom. The third-order valence-corrected chi connectivity index (χ3v) is 6.43. The van der Waals surface area contributed by atoms with Crippen LogP contribution in [-0.4, -0.2) is 59.9 Å². The number of ether oxygens (including phenoxy) is 1. The molecule has 1 aliphatic heterocycles. The van der Waals surface area contributed by atoms with Crippen molar-refractivity contribution in [3.05, 3.63) is 87.9 Å². The number of carbonyl (C=O) groups excluding carboxylic acids is 1. The number of aryl methyl sites for hydroxylation is 1. The van der Waals surface area contributed by atoms with Crippen LogP contribution in [0.1, 0.15) is 21.6 Å². The molecule has 8 nitrogen and oxygen atoms in total. The van der Waals surface area contributed by atoms with E-state index < -0.39 is 5.82 Å². The Kier molecular flexibility index (Phi) is 6.92. The van der Waals surface area contributed by atoms with Gasteiger partial charge in [0.05, 0.1) is 25.5 Å². The molecule has 3 heterocycles. The molecule has 0 atom stereocenters. The molecule has 0 saturated carbocycles. The summed E-state index contributed by atoms with van der Waals surface area (Å²) < 4.78 is 26.2. The van der Waals surface area contributed by atoms with Crippen LogP contribution in [0.5, 0.6) is 0 Å². The molecule has 36 heavy (non-hydrogen) atoms. The SMILES string of the molecule is Cc1nocc1-c1ccc2c(=O)n(Cc3cc(F)cc(C(=O)NCCN4CCOCC4)c3)ccc2c1. The second-order valence-corrected chi connectivity index (χ2v) is 8.92. The predicted octanol–water partition coefficient (Wildman–Crippen LogP) is 3.21. The number of pyridine rings is 1. The minimum Gasteiger partial charge on any atom is -0.379 e. The van der Waals surface area contributed by atoms with Crippen LogP contribution >= 0.6 is 0 Å². The molecular formula is C27H27FN4O4. The smallest absolute Gasteiger partial charge is 0.258 e. The summed E-state index contributed by atoms with van der Waals surface area (Å²) in [5.41, 5.74) is 3.13. The highest BCUT2D eigenvalue weighted by Crippen LogP contribution is 2.25. The summed E-state index contributed by atoms with van der Waals surface area (Å²) in [5, 5.41) is 8.10. The van der Waals surface area contributed by atoms with Crippen molar-refractivity contribution in [3.8, 4) is 11.1 Å². The van der Waals surface area contributed by atoms with Crippen molar-refractivity contribution in [2.75, 3.05) is 39.4 Å². The van der Waals surface area contributed by atoms with Gasteiger partial charge in [-0.05, 0) is 59.8 Å². The van der Waals surface area contributed by atoms with Crippen LogP contribution in [0.15, 0.2) is 64.2 Å². The predicted molar refractivity (Wildman–Crippen MR) is 134 cm³/mol. The monoisotopic (exact) mass is 490 g/mol. The molecule has 2 aromatic heterocycles. The fourth-order valence-electron chi connectivity index (χ4n) is 4.47. The molecule has 1 saturated heterocycles. The van der Waals surface area contributed by atoms with Crippen LogP contribution in [0.2, 0.25) is 0 Å². The Balaban J connectivity index is 1.31. The summed E-state index contributed by atoms with van der Waals surface area (Å²) in [4.78, 5) is 28.0. The highest BCUT2D eigenvalue weighted by molar-refractivity contribution is 5.94. The summed E-state index contributed by atoms with van der Waals surface area (Å²) in [6, 6.07) is 11.6. The maximum Gasteiger partial charge on any atom is 0.258 e. The Morgan fingerprint density at radius 3 is 2.75 bits per heavy atom. The summed E-state index contributed by atoms with van der Waals surface area (Å²) in [5.74, 6) is -0.861. The normalized spacial score (nSPS) is 14.3. The molecule has 1 amide bonds. The van der Waals surface area contributed by atoms with E-state index >= 15 is 0 Å². The second-order valence-electron chi connectivity index (χ2n) is 8.92. The molecule has 2 aromatic carbocycles. The molecule has 186 valence electrons. The third kappa shape index (κ3) is 5.22. The van der Waals surface area contributed by atoms with Gasteiger partial charge in [0, 0.05) is 48.9 Å². The maximum absolute atomic E-state index is 14.4. The van der Waals surface area contributed by atoms with Crippen LogP contribution < -0.4 is 10.9 Å². The number of amides is 1. The van der Waals surface area contributed by atoms with E-state index in [2.05, 4.69) is 15.4 Å². The molecule has 0 bridgehead atoms. The lowest BCUT2D eigenvalue weighted by Crippen LogP contribution is -2.41. The minimum absolute atomic E-state index is 0.146. The second kappa shape index (κ2) is 10.4. The quantitative estimate of drug-likeness (QED) is 0.428. The molecule has 4 aromatic rings. The van der Waals surface area contributed by atoms with E-state index in [0.29, 0.717) is 37.3 Å². The zero-order valence-electron chi connectivity index (χ0n) is 20.0. The Morgan fingerprint density at radius 1 is 1.14 bits per heavy atom. The van der Waals surface area contributed by atoms with Gasteiger partial charge < -0.3 is 19.1 Å². The fraction of sp³-hybridized carbons (Fsp3) is 0.296. The molecule has 0 aliphatic carbocycles. The lowest BCUT2D eigenvalue weighted by Gasteiger charge is -2.26. The van der Waals surface area contributed by atoms with Crippen molar-refractivity contribution in [1.29, 1.82) is 0 Å². The van der Waals surface area contributed by atoms with Crippen molar-refractivity contribution in [1.82, 2.24) is 19.9 Å². The van der Waals surface area contributed by atoms with Gasteiger partial charge in [0.15, 0.2) is 0 Å². The number of hydrogen-bond donors (Lipinski definition) is 1. The molecule has 0 unspecified atom stereocenters. The first kappa shape index (κ1) is 23.9. The lowest BCUT2D eigenvalue weighted by atomic mass is 10.0. The van der Waals surface area contributed by atoms with Crippen LogP contribution in [0, 0.1) is 12.7 Å². The Hall–Kier alpha value is -3.82. The van der Waals surface area contributed by atoms with E-state index in [1.807, 2.05) is 25.1 Å².